The quantitative estimate of drug-likeness (QED) is 0.868. The molecule has 3 nitrogen and oxygen atoms in total. The SMILES string of the molecule is CNCc1cccc(F)c1N1CCOCC1C. The molecule has 1 fully saturated rings. The molecule has 1 heterocycles. The first kappa shape index (κ1) is 12.3. The smallest absolute Gasteiger partial charge is 0.146 e. The molecular formula is C13H19FN2O. The Hall–Kier alpha value is -1.13. The van der Waals surface area contributed by atoms with Crippen LogP contribution in [0, 0.1) is 5.82 Å². The van der Waals surface area contributed by atoms with Gasteiger partial charge in [-0.25, -0.2) is 4.39 Å². The maximum absolute atomic E-state index is 14.0. The predicted molar refractivity (Wildman–Crippen MR) is 66.8 cm³/mol. The van der Waals surface area contributed by atoms with E-state index in [1.807, 2.05) is 13.1 Å². The Balaban J connectivity index is 2.34. The first-order chi connectivity index (χ1) is 8.24. The van der Waals surface area contributed by atoms with Gasteiger partial charge in [-0.15, -0.1) is 0 Å². The largest absolute Gasteiger partial charge is 0.377 e. The van der Waals surface area contributed by atoms with Crippen molar-refractivity contribution < 1.29 is 9.13 Å². The highest BCUT2D eigenvalue weighted by molar-refractivity contribution is 5.56. The first-order valence-electron chi connectivity index (χ1n) is 6.00. The van der Waals surface area contributed by atoms with Crippen molar-refractivity contribution in [3.05, 3.63) is 29.6 Å². The monoisotopic (exact) mass is 238 g/mol. The van der Waals surface area contributed by atoms with Gasteiger partial charge in [0.15, 0.2) is 0 Å². The minimum absolute atomic E-state index is 0.147. The van der Waals surface area contributed by atoms with Crippen molar-refractivity contribution in [2.45, 2.75) is 19.5 Å². The Bertz CT molecular complexity index is 384. The molecular weight excluding hydrogens is 219 g/mol. The molecule has 0 saturated carbocycles. The van der Waals surface area contributed by atoms with Crippen molar-refractivity contribution in [3.63, 3.8) is 0 Å². The number of nitrogens with zero attached hydrogens (tertiary/aromatic N) is 1. The molecule has 0 aliphatic carbocycles. The summed E-state index contributed by atoms with van der Waals surface area (Å²) in [6.45, 7) is 4.82. The van der Waals surface area contributed by atoms with Crippen LogP contribution in [0.3, 0.4) is 0 Å². The highest BCUT2D eigenvalue weighted by Gasteiger charge is 2.23. The number of hydrogen-bond acceptors (Lipinski definition) is 3. The van der Waals surface area contributed by atoms with Crippen LogP contribution in [-0.4, -0.2) is 32.8 Å². The van der Waals surface area contributed by atoms with Crippen LogP contribution in [0.4, 0.5) is 10.1 Å². The van der Waals surface area contributed by atoms with E-state index < -0.39 is 0 Å². The molecule has 0 bridgehead atoms. The van der Waals surface area contributed by atoms with Gasteiger partial charge in [0.1, 0.15) is 5.82 Å². The van der Waals surface area contributed by atoms with E-state index >= 15 is 0 Å². The second-order valence-corrected chi connectivity index (χ2v) is 4.40. The maximum Gasteiger partial charge on any atom is 0.146 e. The summed E-state index contributed by atoms with van der Waals surface area (Å²) >= 11 is 0. The molecule has 0 aromatic heterocycles. The van der Waals surface area contributed by atoms with Crippen molar-refractivity contribution in [1.82, 2.24) is 5.32 Å². The second kappa shape index (κ2) is 5.47. The van der Waals surface area contributed by atoms with Gasteiger partial charge in [-0.05, 0) is 25.6 Å². The topological polar surface area (TPSA) is 24.5 Å². The summed E-state index contributed by atoms with van der Waals surface area (Å²) in [4.78, 5) is 2.10. The summed E-state index contributed by atoms with van der Waals surface area (Å²) in [7, 11) is 1.87. The fourth-order valence-corrected chi connectivity index (χ4v) is 2.27. The van der Waals surface area contributed by atoms with Crippen LogP contribution in [0.25, 0.3) is 0 Å². The zero-order valence-electron chi connectivity index (χ0n) is 10.4. The summed E-state index contributed by atoms with van der Waals surface area (Å²) < 4.78 is 19.4. The van der Waals surface area contributed by atoms with Crippen molar-refractivity contribution in [2.24, 2.45) is 0 Å². The van der Waals surface area contributed by atoms with E-state index in [0.717, 1.165) is 17.8 Å². The summed E-state index contributed by atoms with van der Waals surface area (Å²) in [6.07, 6.45) is 0. The van der Waals surface area contributed by atoms with Gasteiger partial charge in [-0.3, -0.25) is 0 Å². The molecule has 0 amide bonds. The lowest BCUT2D eigenvalue weighted by atomic mass is 10.1. The molecule has 1 unspecified atom stereocenters. The molecule has 2 rings (SSSR count). The zero-order chi connectivity index (χ0) is 12.3. The number of anilines is 1. The van der Waals surface area contributed by atoms with E-state index in [0.29, 0.717) is 19.8 Å². The van der Waals surface area contributed by atoms with Crippen LogP contribution in [0.5, 0.6) is 0 Å². The highest BCUT2D eigenvalue weighted by atomic mass is 19.1. The van der Waals surface area contributed by atoms with E-state index in [1.54, 1.807) is 6.07 Å². The van der Waals surface area contributed by atoms with E-state index in [4.69, 9.17) is 4.74 Å². The number of nitrogens with one attached hydrogen (secondary N) is 1. The third-order valence-electron chi connectivity index (χ3n) is 3.09. The summed E-state index contributed by atoms with van der Waals surface area (Å²) in [5, 5.41) is 3.08. The van der Waals surface area contributed by atoms with Crippen LogP contribution < -0.4 is 10.2 Å². The lowest BCUT2D eigenvalue weighted by Crippen LogP contribution is -2.44. The molecule has 1 atom stereocenters. The van der Waals surface area contributed by atoms with Crippen molar-refractivity contribution in [1.29, 1.82) is 0 Å². The third-order valence-corrected chi connectivity index (χ3v) is 3.09. The fraction of sp³-hybridized carbons (Fsp3) is 0.538. The normalized spacial score (nSPS) is 20.6. The van der Waals surface area contributed by atoms with E-state index in [2.05, 4.69) is 17.1 Å². The van der Waals surface area contributed by atoms with E-state index in [1.165, 1.54) is 6.07 Å². The predicted octanol–water partition coefficient (Wildman–Crippen LogP) is 1.77. The van der Waals surface area contributed by atoms with E-state index in [-0.39, 0.29) is 11.9 Å². The number of benzene rings is 1. The Kier molecular flexibility index (Phi) is 3.97. The first-order valence-corrected chi connectivity index (χ1v) is 6.00. The van der Waals surface area contributed by atoms with Gasteiger partial charge < -0.3 is 15.0 Å². The van der Waals surface area contributed by atoms with Crippen LogP contribution in [-0.2, 0) is 11.3 Å². The molecule has 0 radical (unpaired) electrons. The average Bonchev–Trinajstić information content (AvgIpc) is 2.31. The summed E-state index contributed by atoms with van der Waals surface area (Å²) in [5.74, 6) is -0.147. The number of rotatable bonds is 3. The zero-order valence-corrected chi connectivity index (χ0v) is 10.4. The molecule has 94 valence electrons. The van der Waals surface area contributed by atoms with Gasteiger partial charge >= 0.3 is 0 Å². The van der Waals surface area contributed by atoms with Crippen molar-refractivity contribution >= 4 is 5.69 Å². The minimum Gasteiger partial charge on any atom is -0.377 e. The van der Waals surface area contributed by atoms with Crippen LogP contribution >= 0.6 is 0 Å². The Morgan fingerprint density at radius 1 is 1.53 bits per heavy atom. The molecule has 4 heteroatoms. The average molecular weight is 238 g/mol. The number of morpholine rings is 1. The molecule has 17 heavy (non-hydrogen) atoms. The molecule has 1 aromatic rings. The number of halogens is 1. The third kappa shape index (κ3) is 2.58. The van der Waals surface area contributed by atoms with Crippen LogP contribution in [0.2, 0.25) is 0 Å². The highest BCUT2D eigenvalue weighted by Crippen LogP contribution is 2.27. The summed E-state index contributed by atoms with van der Waals surface area (Å²) in [6, 6.07) is 5.47. The van der Waals surface area contributed by atoms with Crippen molar-refractivity contribution in [3.8, 4) is 0 Å². The molecule has 1 aromatic carbocycles. The van der Waals surface area contributed by atoms with Crippen LogP contribution in [0.15, 0.2) is 18.2 Å². The Morgan fingerprint density at radius 3 is 3.06 bits per heavy atom. The van der Waals surface area contributed by atoms with Gasteiger partial charge in [-0.2, -0.15) is 0 Å². The fourth-order valence-electron chi connectivity index (χ4n) is 2.27. The second-order valence-electron chi connectivity index (χ2n) is 4.40. The van der Waals surface area contributed by atoms with Gasteiger partial charge in [0.25, 0.3) is 0 Å². The Morgan fingerprint density at radius 2 is 2.35 bits per heavy atom. The maximum atomic E-state index is 14.0. The molecule has 1 N–H and O–H groups in total. The van der Waals surface area contributed by atoms with Gasteiger partial charge in [0.05, 0.1) is 18.9 Å². The molecule has 1 aliphatic heterocycles. The van der Waals surface area contributed by atoms with Crippen molar-refractivity contribution in [2.75, 3.05) is 31.7 Å². The van der Waals surface area contributed by atoms with Crippen LogP contribution in [0.1, 0.15) is 12.5 Å². The minimum atomic E-state index is -0.147. The number of hydrogen-bond donors (Lipinski definition) is 1. The Labute approximate surface area is 102 Å². The van der Waals surface area contributed by atoms with Gasteiger partial charge in [0, 0.05) is 19.1 Å². The van der Waals surface area contributed by atoms with Gasteiger partial charge in [-0.1, -0.05) is 12.1 Å². The lowest BCUT2D eigenvalue weighted by molar-refractivity contribution is 0.0985. The number of ether oxygens (including phenoxy) is 1. The van der Waals surface area contributed by atoms with Gasteiger partial charge in [0.2, 0.25) is 0 Å². The number of para-hydroxylation sites is 1. The molecule has 0 spiro atoms. The van der Waals surface area contributed by atoms with E-state index in [9.17, 15) is 4.39 Å². The molecule has 1 aliphatic rings. The summed E-state index contributed by atoms with van der Waals surface area (Å²) in [5.41, 5.74) is 1.72. The lowest BCUT2D eigenvalue weighted by Gasteiger charge is -2.36. The standard InChI is InChI=1S/C13H19FN2O/c1-10-9-17-7-6-16(10)13-11(8-15-2)4-3-5-12(13)14/h3-5,10,15H,6-9H2,1-2H3. The molecule has 1 saturated heterocycles.